The van der Waals surface area contributed by atoms with Gasteiger partial charge in [-0.2, -0.15) is 0 Å². The molecule has 2 atom stereocenters. The molecule has 5 nitrogen and oxygen atoms in total. The summed E-state index contributed by atoms with van der Waals surface area (Å²) < 4.78 is 0. The lowest BCUT2D eigenvalue weighted by atomic mass is 10.0. The number of pyridine rings is 1. The number of aromatic amines is 1. The predicted molar refractivity (Wildman–Crippen MR) is 124 cm³/mol. The van der Waals surface area contributed by atoms with Crippen LogP contribution < -0.4 is 10.6 Å². The van der Waals surface area contributed by atoms with Crippen LogP contribution in [0.5, 0.6) is 0 Å². The van der Waals surface area contributed by atoms with Crippen LogP contribution >= 0.6 is 0 Å². The van der Waals surface area contributed by atoms with Crippen LogP contribution in [-0.2, 0) is 12.8 Å². The average Bonchev–Trinajstić information content (AvgIpc) is 3.35. The maximum atomic E-state index is 10.0. The van der Waals surface area contributed by atoms with Gasteiger partial charge in [-0.15, -0.1) is 0 Å². The first kappa shape index (κ1) is 20.9. The van der Waals surface area contributed by atoms with Crippen LogP contribution in [0, 0.1) is 12.8 Å². The summed E-state index contributed by atoms with van der Waals surface area (Å²) in [6.45, 7) is 7.43. The van der Waals surface area contributed by atoms with E-state index in [1.165, 1.54) is 34.0 Å². The molecule has 160 valence electrons. The highest BCUT2D eigenvalue weighted by molar-refractivity contribution is 5.85. The molecule has 2 heterocycles. The highest BCUT2D eigenvalue weighted by atomic mass is 16.3. The van der Waals surface area contributed by atoms with Gasteiger partial charge in [-0.1, -0.05) is 31.5 Å². The lowest BCUT2D eigenvalue weighted by molar-refractivity contribution is 0.176. The van der Waals surface area contributed by atoms with Crippen molar-refractivity contribution >= 4 is 16.6 Å². The van der Waals surface area contributed by atoms with Crippen LogP contribution in [0.3, 0.4) is 0 Å². The zero-order valence-electron chi connectivity index (χ0n) is 18.2. The van der Waals surface area contributed by atoms with Crippen molar-refractivity contribution < 1.29 is 5.11 Å². The number of aliphatic hydroxyl groups is 1. The summed E-state index contributed by atoms with van der Waals surface area (Å²) >= 11 is 0. The maximum Gasteiger partial charge on any atom is 0.0966 e. The van der Waals surface area contributed by atoms with Gasteiger partial charge in [0.15, 0.2) is 0 Å². The minimum atomic E-state index is -0.393. The number of rotatable bonds is 10. The number of para-hydroxylation sites is 1. The summed E-state index contributed by atoms with van der Waals surface area (Å²) in [6.07, 6.45) is 8.63. The molecule has 0 saturated carbocycles. The Labute approximate surface area is 179 Å². The topological polar surface area (TPSA) is 73.0 Å². The number of aromatic nitrogens is 2. The Bertz CT molecular complexity index is 980. The SMILES string of the molecule is CCC(CCNc1ccnc2c1CCC2O)CNCCc1c[nH]c2c(C)cccc12. The van der Waals surface area contributed by atoms with Gasteiger partial charge in [0.2, 0.25) is 0 Å². The zero-order valence-corrected chi connectivity index (χ0v) is 18.2. The van der Waals surface area contributed by atoms with Crippen LogP contribution in [0.4, 0.5) is 5.69 Å². The molecule has 1 aliphatic carbocycles. The van der Waals surface area contributed by atoms with E-state index in [9.17, 15) is 5.11 Å². The van der Waals surface area contributed by atoms with E-state index in [2.05, 4.69) is 58.8 Å². The quantitative estimate of drug-likeness (QED) is 0.374. The van der Waals surface area contributed by atoms with Crippen LogP contribution in [0.2, 0.25) is 0 Å². The summed E-state index contributed by atoms with van der Waals surface area (Å²) in [5.74, 6) is 0.656. The second-order valence-electron chi connectivity index (χ2n) is 8.53. The third-order valence-corrected chi connectivity index (χ3v) is 6.53. The number of aliphatic hydroxyl groups excluding tert-OH is 1. The van der Waals surface area contributed by atoms with E-state index in [4.69, 9.17) is 0 Å². The van der Waals surface area contributed by atoms with Crippen LogP contribution in [0.15, 0.2) is 36.7 Å². The summed E-state index contributed by atoms with van der Waals surface area (Å²) in [5, 5.41) is 18.6. The maximum absolute atomic E-state index is 10.0. The summed E-state index contributed by atoms with van der Waals surface area (Å²) in [6, 6.07) is 8.55. The fourth-order valence-electron chi connectivity index (χ4n) is 4.60. The minimum absolute atomic E-state index is 0.393. The van der Waals surface area contributed by atoms with E-state index in [0.717, 1.165) is 56.7 Å². The number of nitrogens with zero attached hydrogens (tertiary/aromatic N) is 1. The fourth-order valence-corrected chi connectivity index (χ4v) is 4.60. The first-order valence-corrected chi connectivity index (χ1v) is 11.3. The highest BCUT2D eigenvalue weighted by Gasteiger charge is 2.24. The van der Waals surface area contributed by atoms with Gasteiger partial charge in [0.1, 0.15) is 0 Å². The molecular formula is C25H34N4O. The number of anilines is 1. The summed E-state index contributed by atoms with van der Waals surface area (Å²) in [4.78, 5) is 7.78. The largest absolute Gasteiger partial charge is 0.387 e. The first-order valence-electron chi connectivity index (χ1n) is 11.3. The van der Waals surface area contributed by atoms with Gasteiger partial charge in [0, 0.05) is 35.5 Å². The molecular weight excluding hydrogens is 372 g/mol. The average molecular weight is 407 g/mol. The molecule has 1 aliphatic rings. The van der Waals surface area contributed by atoms with Gasteiger partial charge in [-0.25, -0.2) is 0 Å². The van der Waals surface area contributed by atoms with Gasteiger partial charge in [-0.3, -0.25) is 4.98 Å². The molecule has 5 heteroatoms. The van der Waals surface area contributed by atoms with Crippen molar-refractivity contribution in [2.24, 2.45) is 5.92 Å². The lowest BCUT2D eigenvalue weighted by Crippen LogP contribution is -2.26. The third kappa shape index (κ3) is 4.52. The molecule has 0 bridgehead atoms. The smallest absolute Gasteiger partial charge is 0.0966 e. The van der Waals surface area contributed by atoms with Gasteiger partial charge >= 0.3 is 0 Å². The molecule has 0 amide bonds. The summed E-state index contributed by atoms with van der Waals surface area (Å²) in [7, 11) is 0. The molecule has 4 N–H and O–H groups in total. The number of benzene rings is 1. The zero-order chi connectivity index (χ0) is 20.9. The Morgan fingerprint density at radius 3 is 3.03 bits per heavy atom. The Morgan fingerprint density at radius 2 is 2.17 bits per heavy atom. The van der Waals surface area contributed by atoms with E-state index in [1.807, 2.05) is 6.07 Å². The Hall–Kier alpha value is -2.37. The van der Waals surface area contributed by atoms with E-state index in [-0.39, 0.29) is 0 Å². The van der Waals surface area contributed by atoms with Crippen molar-refractivity contribution in [2.75, 3.05) is 25.0 Å². The monoisotopic (exact) mass is 406 g/mol. The van der Waals surface area contributed by atoms with Gasteiger partial charge in [0.05, 0.1) is 11.8 Å². The molecule has 0 aliphatic heterocycles. The minimum Gasteiger partial charge on any atom is -0.387 e. The molecule has 2 aromatic heterocycles. The molecule has 0 radical (unpaired) electrons. The highest BCUT2D eigenvalue weighted by Crippen LogP contribution is 2.33. The standard InChI is InChI=1S/C25H34N4O/c1-3-18(9-13-27-22-11-14-28-25-21(22)7-8-23(25)30)15-26-12-10-19-16-29-24-17(2)5-4-6-20(19)24/h4-6,11,14,16,18,23,26,29-30H,3,7-10,12-13,15H2,1-2H3,(H,27,28). The van der Waals surface area contributed by atoms with Crippen molar-refractivity contribution in [1.29, 1.82) is 0 Å². The van der Waals surface area contributed by atoms with Gasteiger partial charge < -0.3 is 20.7 Å². The molecule has 1 aromatic carbocycles. The van der Waals surface area contributed by atoms with E-state index in [1.54, 1.807) is 6.20 Å². The second-order valence-corrected chi connectivity index (χ2v) is 8.53. The van der Waals surface area contributed by atoms with Crippen molar-refractivity contribution in [3.63, 3.8) is 0 Å². The second kappa shape index (κ2) is 9.63. The number of nitrogens with one attached hydrogen (secondary N) is 3. The van der Waals surface area contributed by atoms with E-state index in [0.29, 0.717) is 5.92 Å². The van der Waals surface area contributed by atoms with Crippen molar-refractivity contribution in [3.05, 3.63) is 59.0 Å². The van der Waals surface area contributed by atoms with E-state index < -0.39 is 6.10 Å². The van der Waals surface area contributed by atoms with E-state index >= 15 is 0 Å². The molecule has 0 saturated heterocycles. The van der Waals surface area contributed by atoms with Crippen molar-refractivity contribution in [3.8, 4) is 0 Å². The molecule has 4 rings (SSSR count). The lowest BCUT2D eigenvalue weighted by Gasteiger charge is -2.17. The van der Waals surface area contributed by atoms with Crippen molar-refractivity contribution in [2.45, 2.75) is 52.1 Å². The van der Waals surface area contributed by atoms with Crippen LogP contribution in [0.1, 0.15) is 54.7 Å². The first-order chi connectivity index (χ1) is 14.7. The normalized spacial score (nSPS) is 16.7. The van der Waals surface area contributed by atoms with Crippen LogP contribution in [-0.4, -0.2) is 34.7 Å². The summed E-state index contributed by atoms with van der Waals surface area (Å²) in [5.41, 5.74) is 7.17. The molecule has 2 unspecified atom stereocenters. The number of H-pyrrole nitrogens is 1. The number of fused-ring (bicyclic) bond motifs is 2. The van der Waals surface area contributed by atoms with Gasteiger partial charge in [0.25, 0.3) is 0 Å². The molecule has 0 spiro atoms. The Balaban J connectivity index is 1.21. The molecule has 30 heavy (non-hydrogen) atoms. The van der Waals surface area contributed by atoms with Crippen molar-refractivity contribution in [1.82, 2.24) is 15.3 Å². The number of aryl methyl sites for hydroxylation is 1. The third-order valence-electron chi connectivity index (χ3n) is 6.53. The number of hydrogen-bond acceptors (Lipinski definition) is 4. The van der Waals surface area contributed by atoms with Crippen LogP contribution in [0.25, 0.3) is 10.9 Å². The molecule has 3 aromatic rings. The molecule has 0 fully saturated rings. The Morgan fingerprint density at radius 1 is 1.27 bits per heavy atom. The Kier molecular flexibility index (Phi) is 6.70. The predicted octanol–water partition coefficient (Wildman–Crippen LogP) is 4.51. The van der Waals surface area contributed by atoms with Gasteiger partial charge in [-0.05, 0) is 74.4 Å². The number of hydrogen-bond donors (Lipinski definition) is 4. The fraction of sp³-hybridized carbons (Fsp3) is 0.480.